The minimum Gasteiger partial charge on any atom is -0.454 e. The van der Waals surface area contributed by atoms with Crippen LogP contribution in [0, 0.1) is 20.8 Å². The Morgan fingerprint density at radius 2 is 2.22 bits per heavy atom. The van der Waals surface area contributed by atoms with Crippen LogP contribution in [0.25, 0.3) is 0 Å². The van der Waals surface area contributed by atoms with Crippen molar-refractivity contribution in [3.05, 3.63) is 34.8 Å². The lowest BCUT2D eigenvalue weighted by Crippen LogP contribution is -2.30. The zero-order valence-corrected chi connectivity index (χ0v) is 10.5. The van der Waals surface area contributed by atoms with Crippen molar-refractivity contribution in [1.29, 1.82) is 0 Å². The molecule has 0 saturated heterocycles. The molecule has 2 aromatic heterocycles. The number of carbonyl (C=O) groups is 1. The number of nitrogens with two attached hydrogens (primary N) is 1. The van der Waals surface area contributed by atoms with Crippen LogP contribution in [0.5, 0.6) is 0 Å². The number of rotatable bonds is 3. The van der Waals surface area contributed by atoms with Gasteiger partial charge in [-0.25, -0.2) is 15.5 Å². The number of carbonyl (C=O) groups excluding carboxylic acids is 1. The second-order valence-electron chi connectivity index (χ2n) is 4.06. The summed E-state index contributed by atoms with van der Waals surface area (Å²) in [5, 5.41) is 4.23. The van der Waals surface area contributed by atoms with Gasteiger partial charge >= 0.3 is 5.91 Å². The molecule has 0 unspecified atom stereocenters. The van der Waals surface area contributed by atoms with Crippen molar-refractivity contribution in [1.82, 2.24) is 20.2 Å². The van der Waals surface area contributed by atoms with Crippen molar-refractivity contribution in [3.63, 3.8) is 0 Å². The van der Waals surface area contributed by atoms with Crippen LogP contribution in [0.3, 0.4) is 0 Å². The predicted molar refractivity (Wildman–Crippen MR) is 63.7 cm³/mol. The van der Waals surface area contributed by atoms with Crippen molar-refractivity contribution in [3.8, 4) is 0 Å². The molecule has 0 aliphatic carbocycles. The van der Waals surface area contributed by atoms with Crippen molar-refractivity contribution in [2.24, 2.45) is 5.84 Å². The molecule has 0 fully saturated rings. The summed E-state index contributed by atoms with van der Waals surface area (Å²) in [4.78, 5) is 15.6. The van der Waals surface area contributed by atoms with E-state index < -0.39 is 5.91 Å². The smallest absolute Gasteiger partial charge is 0.301 e. The number of hydrogen-bond donors (Lipinski definition) is 2. The van der Waals surface area contributed by atoms with Gasteiger partial charge in [-0.1, -0.05) is 0 Å². The first kappa shape index (κ1) is 12.3. The summed E-state index contributed by atoms with van der Waals surface area (Å²) in [6, 6.07) is 1.79. The third kappa shape index (κ3) is 2.25. The fraction of sp³-hybridized carbons (Fsp3) is 0.364. The number of amides is 1. The van der Waals surface area contributed by atoms with Gasteiger partial charge in [-0.05, 0) is 26.8 Å². The maximum absolute atomic E-state index is 11.4. The summed E-state index contributed by atoms with van der Waals surface area (Å²) in [5.74, 6) is 7.00. The van der Waals surface area contributed by atoms with E-state index in [4.69, 9.17) is 10.3 Å². The van der Waals surface area contributed by atoms with E-state index in [-0.39, 0.29) is 5.76 Å². The van der Waals surface area contributed by atoms with E-state index in [0.717, 1.165) is 11.4 Å². The van der Waals surface area contributed by atoms with Gasteiger partial charge in [-0.15, -0.1) is 0 Å². The molecule has 0 aliphatic rings. The molecule has 0 aromatic carbocycles. The van der Waals surface area contributed by atoms with E-state index in [0.29, 0.717) is 18.1 Å². The molecule has 0 radical (unpaired) electrons. The van der Waals surface area contributed by atoms with Crippen LogP contribution in [0.15, 0.2) is 10.5 Å². The van der Waals surface area contributed by atoms with Crippen molar-refractivity contribution < 1.29 is 9.21 Å². The van der Waals surface area contributed by atoms with Gasteiger partial charge in [-0.3, -0.25) is 10.2 Å². The van der Waals surface area contributed by atoms with Crippen LogP contribution in [-0.4, -0.2) is 20.7 Å². The van der Waals surface area contributed by atoms with E-state index >= 15 is 0 Å². The Morgan fingerprint density at radius 1 is 1.50 bits per heavy atom. The lowest BCUT2D eigenvalue weighted by atomic mass is 10.2. The van der Waals surface area contributed by atoms with Gasteiger partial charge < -0.3 is 4.42 Å². The number of hydrogen-bond acceptors (Lipinski definition) is 5. The van der Waals surface area contributed by atoms with E-state index in [1.54, 1.807) is 17.7 Å². The molecule has 18 heavy (non-hydrogen) atoms. The highest BCUT2D eigenvalue weighted by Gasteiger charge is 2.15. The third-order valence-electron chi connectivity index (χ3n) is 2.57. The number of aromatic nitrogens is 3. The average Bonchev–Trinajstić information content (AvgIpc) is 2.82. The Morgan fingerprint density at radius 3 is 2.78 bits per heavy atom. The first-order chi connectivity index (χ1) is 8.51. The maximum atomic E-state index is 11.4. The van der Waals surface area contributed by atoms with Gasteiger partial charge in [0.1, 0.15) is 24.0 Å². The predicted octanol–water partition coefficient (Wildman–Crippen LogP) is 0.448. The monoisotopic (exact) mass is 249 g/mol. The highest BCUT2D eigenvalue weighted by Crippen LogP contribution is 2.15. The zero-order valence-electron chi connectivity index (χ0n) is 10.5. The average molecular weight is 249 g/mol. The number of aryl methyl sites for hydroxylation is 3. The minimum absolute atomic E-state index is 0.224. The number of nitrogens with zero attached hydrogens (tertiary/aromatic N) is 3. The van der Waals surface area contributed by atoms with Gasteiger partial charge in [0.25, 0.3) is 0 Å². The summed E-state index contributed by atoms with van der Waals surface area (Å²) in [7, 11) is 0. The molecule has 7 heteroatoms. The summed E-state index contributed by atoms with van der Waals surface area (Å²) in [6.45, 7) is 5.91. The highest BCUT2D eigenvalue weighted by molar-refractivity contribution is 5.92. The molecular weight excluding hydrogens is 234 g/mol. The van der Waals surface area contributed by atoms with Crippen LogP contribution < -0.4 is 11.3 Å². The van der Waals surface area contributed by atoms with Gasteiger partial charge in [0.05, 0.1) is 0 Å². The number of nitrogen functional groups attached to an aromatic ring is 1. The fourth-order valence-corrected chi connectivity index (χ4v) is 1.78. The summed E-state index contributed by atoms with van der Waals surface area (Å²) >= 11 is 0. The number of nitrogens with one attached hydrogen (secondary N) is 1. The molecule has 2 heterocycles. The summed E-state index contributed by atoms with van der Waals surface area (Å²) in [6.07, 6.45) is 0. The molecule has 96 valence electrons. The molecule has 2 rings (SSSR count). The Hall–Kier alpha value is -2.15. The first-order valence-electron chi connectivity index (χ1n) is 5.49. The van der Waals surface area contributed by atoms with Gasteiger partial charge in [0.2, 0.25) is 0 Å². The van der Waals surface area contributed by atoms with Gasteiger partial charge in [0.15, 0.2) is 5.76 Å². The Kier molecular flexibility index (Phi) is 3.15. The Labute approximate surface area is 104 Å². The Balaban J connectivity index is 2.25. The summed E-state index contributed by atoms with van der Waals surface area (Å²) < 4.78 is 7.17. The van der Waals surface area contributed by atoms with E-state index in [1.807, 2.05) is 19.3 Å². The Bertz CT molecular complexity index is 584. The van der Waals surface area contributed by atoms with Crippen LogP contribution in [-0.2, 0) is 6.54 Å². The normalized spacial score (nSPS) is 10.7. The standard InChI is InChI=1S/C11H15N5O2/c1-6-4-9(18-10(6)11(17)14-12)5-16-8(3)13-7(2)15-16/h4H,5,12H2,1-3H3,(H,14,17). The summed E-state index contributed by atoms with van der Waals surface area (Å²) in [5.41, 5.74) is 2.79. The van der Waals surface area contributed by atoms with Gasteiger partial charge in [0, 0.05) is 5.56 Å². The molecule has 0 bridgehead atoms. The largest absolute Gasteiger partial charge is 0.454 e. The molecule has 7 nitrogen and oxygen atoms in total. The first-order valence-corrected chi connectivity index (χ1v) is 5.49. The van der Waals surface area contributed by atoms with E-state index in [2.05, 4.69) is 10.1 Å². The van der Waals surface area contributed by atoms with Crippen molar-refractivity contribution in [2.45, 2.75) is 27.3 Å². The molecule has 0 saturated carbocycles. The van der Waals surface area contributed by atoms with E-state index in [9.17, 15) is 4.79 Å². The molecule has 2 aromatic rings. The third-order valence-corrected chi connectivity index (χ3v) is 2.57. The lowest BCUT2D eigenvalue weighted by Gasteiger charge is -1.99. The molecular formula is C11H15N5O2. The van der Waals surface area contributed by atoms with Crippen LogP contribution in [0.2, 0.25) is 0 Å². The van der Waals surface area contributed by atoms with Crippen LogP contribution in [0.1, 0.15) is 33.5 Å². The maximum Gasteiger partial charge on any atom is 0.301 e. The van der Waals surface area contributed by atoms with Crippen molar-refractivity contribution >= 4 is 5.91 Å². The lowest BCUT2D eigenvalue weighted by molar-refractivity contribution is 0.0923. The molecule has 1 amide bonds. The number of furan rings is 1. The highest BCUT2D eigenvalue weighted by atomic mass is 16.4. The van der Waals surface area contributed by atoms with Gasteiger partial charge in [-0.2, -0.15) is 5.10 Å². The second kappa shape index (κ2) is 4.61. The van der Waals surface area contributed by atoms with Crippen molar-refractivity contribution in [2.75, 3.05) is 0 Å². The van der Waals surface area contributed by atoms with Crippen LogP contribution in [0.4, 0.5) is 0 Å². The number of hydrazine groups is 1. The van der Waals surface area contributed by atoms with Crippen LogP contribution >= 0.6 is 0 Å². The fourth-order valence-electron chi connectivity index (χ4n) is 1.78. The minimum atomic E-state index is -0.440. The molecule has 0 aliphatic heterocycles. The van der Waals surface area contributed by atoms with E-state index in [1.165, 1.54) is 0 Å². The molecule has 0 spiro atoms. The second-order valence-corrected chi connectivity index (χ2v) is 4.06. The zero-order chi connectivity index (χ0) is 13.3. The SMILES string of the molecule is Cc1nc(C)n(Cc2cc(C)c(C(=O)NN)o2)n1. The molecule has 3 N–H and O–H groups in total. The molecule has 0 atom stereocenters. The topological polar surface area (TPSA) is 99.0 Å². The quantitative estimate of drug-likeness (QED) is 0.467.